The van der Waals surface area contributed by atoms with Crippen LogP contribution in [0.4, 0.5) is 17.6 Å². The number of rotatable bonds is 4. The average Bonchev–Trinajstić information content (AvgIpc) is 2.59. The molecule has 0 atom stereocenters. The van der Waals surface area contributed by atoms with Crippen LogP contribution < -0.4 is 0 Å². The van der Waals surface area contributed by atoms with E-state index in [-0.39, 0.29) is 11.1 Å². The molecule has 0 spiro atoms. The normalized spacial score (nSPS) is 20.7. The van der Waals surface area contributed by atoms with Crippen molar-refractivity contribution in [2.75, 3.05) is 0 Å². The van der Waals surface area contributed by atoms with E-state index >= 15 is 0 Å². The van der Waals surface area contributed by atoms with Crippen molar-refractivity contribution in [1.29, 1.82) is 0 Å². The van der Waals surface area contributed by atoms with Crippen LogP contribution in [0.2, 0.25) is 0 Å². The highest BCUT2D eigenvalue weighted by molar-refractivity contribution is 5.64. The van der Waals surface area contributed by atoms with Gasteiger partial charge < -0.3 is 0 Å². The molecule has 4 heteroatoms. The summed E-state index contributed by atoms with van der Waals surface area (Å²) >= 11 is 0. The maximum atomic E-state index is 14.4. The van der Waals surface area contributed by atoms with Crippen LogP contribution in [-0.2, 0) is 6.42 Å². The first-order chi connectivity index (χ1) is 11.9. The second-order valence-electron chi connectivity index (χ2n) is 7.23. The van der Waals surface area contributed by atoms with Crippen LogP contribution in [-0.4, -0.2) is 0 Å². The Balaban J connectivity index is 1.71. The van der Waals surface area contributed by atoms with Gasteiger partial charge in [-0.05, 0) is 54.0 Å². The highest BCUT2D eigenvalue weighted by atomic mass is 19.2. The number of aryl methyl sites for hydroxylation is 1. The van der Waals surface area contributed by atoms with Gasteiger partial charge in [0, 0.05) is 5.56 Å². The summed E-state index contributed by atoms with van der Waals surface area (Å²) in [5.74, 6) is -3.21. The molecule has 0 heterocycles. The molecular weight excluding hydrogens is 328 g/mol. The van der Waals surface area contributed by atoms with Crippen LogP contribution in [0.1, 0.15) is 44.6 Å². The summed E-state index contributed by atoms with van der Waals surface area (Å²) in [5.41, 5.74) is 0.956. The second kappa shape index (κ2) is 7.59. The molecule has 3 rings (SSSR count). The highest BCUT2D eigenvalue weighted by Crippen LogP contribution is 2.32. The largest absolute Gasteiger partial charge is 0.206 e. The van der Waals surface area contributed by atoms with Gasteiger partial charge in [-0.25, -0.2) is 17.6 Å². The molecule has 1 aliphatic carbocycles. The van der Waals surface area contributed by atoms with E-state index in [1.807, 2.05) is 0 Å². The van der Waals surface area contributed by atoms with E-state index in [0.29, 0.717) is 5.92 Å². The quantitative estimate of drug-likeness (QED) is 0.427. The van der Waals surface area contributed by atoms with Crippen molar-refractivity contribution < 1.29 is 17.6 Å². The minimum atomic E-state index is -1.54. The molecule has 0 bridgehead atoms. The molecule has 1 saturated carbocycles. The van der Waals surface area contributed by atoms with Gasteiger partial charge in [-0.3, -0.25) is 0 Å². The van der Waals surface area contributed by atoms with Gasteiger partial charge in [0.1, 0.15) is 5.82 Å². The molecule has 1 aliphatic rings. The van der Waals surface area contributed by atoms with E-state index in [1.54, 1.807) is 6.07 Å². The second-order valence-corrected chi connectivity index (χ2v) is 7.23. The number of hydrogen-bond donors (Lipinski definition) is 0. The van der Waals surface area contributed by atoms with Gasteiger partial charge >= 0.3 is 0 Å². The average molecular weight is 350 g/mol. The van der Waals surface area contributed by atoms with E-state index in [0.717, 1.165) is 36.5 Å². The summed E-state index contributed by atoms with van der Waals surface area (Å²) in [6.45, 7) is 2.28. The number of hydrogen-bond acceptors (Lipinski definition) is 0. The van der Waals surface area contributed by atoms with Gasteiger partial charge in [-0.1, -0.05) is 44.7 Å². The first kappa shape index (κ1) is 18.0. The molecule has 0 nitrogen and oxygen atoms in total. The van der Waals surface area contributed by atoms with Crippen molar-refractivity contribution in [3.8, 4) is 11.1 Å². The molecule has 25 heavy (non-hydrogen) atoms. The SMILES string of the molecule is CC1CCC(CCc2ccc(-c3cc(F)c(F)c(F)c3)c(F)c2)CC1. The van der Waals surface area contributed by atoms with Crippen molar-refractivity contribution >= 4 is 0 Å². The van der Waals surface area contributed by atoms with E-state index < -0.39 is 23.3 Å². The van der Waals surface area contributed by atoms with Gasteiger partial charge in [0.25, 0.3) is 0 Å². The summed E-state index contributed by atoms with van der Waals surface area (Å²) in [6, 6.07) is 6.35. The minimum Gasteiger partial charge on any atom is -0.206 e. The lowest BCUT2D eigenvalue weighted by Crippen LogP contribution is -2.12. The Bertz CT molecular complexity index is 723. The van der Waals surface area contributed by atoms with Crippen LogP contribution >= 0.6 is 0 Å². The minimum absolute atomic E-state index is 0.00159. The van der Waals surface area contributed by atoms with Crippen LogP contribution in [0.3, 0.4) is 0 Å². The Morgan fingerprint density at radius 1 is 0.840 bits per heavy atom. The molecule has 0 saturated heterocycles. The zero-order valence-corrected chi connectivity index (χ0v) is 14.3. The summed E-state index contributed by atoms with van der Waals surface area (Å²) in [5, 5.41) is 0. The predicted octanol–water partition coefficient (Wildman–Crippen LogP) is 6.67. The molecule has 2 aromatic carbocycles. The predicted molar refractivity (Wildman–Crippen MR) is 91.2 cm³/mol. The van der Waals surface area contributed by atoms with Crippen LogP contribution in [0, 0.1) is 35.1 Å². The van der Waals surface area contributed by atoms with Crippen molar-refractivity contribution in [2.24, 2.45) is 11.8 Å². The third-order valence-corrected chi connectivity index (χ3v) is 5.31. The smallest absolute Gasteiger partial charge is 0.194 e. The van der Waals surface area contributed by atoms with E-state index in [1.165, 1.54) is 37.8 Å². The summed E-state index contributed by atoms with van der Waals surface area (Å²) in [6.07, 6.45) is 6.82. The molecule has 0 unspecified atom stereocenters. The fourth-order valence-electron chi connectivity index (χ4n) is 3.65. The Labute approximate surface area is 145 Å². The van der Waals surface area contributed by atoms with Crippen LogP contribution in [0.15, 0.2) is 30.3 Å². The third kappa shape index (κ3) is 4.23. The maximum Gasteiger partial charge on any atom is 0.194 e. The van der Waals surface area contributed by atoms with E-state index in [4.69, 9.17) is 0 Å². The van der Waals surface area contributed by atoms with Crippen LogP contribution in [0.5, 0.6) is 0 Å². The van der Waals surface area contributed by atoms with Gasteiger partial charge in [-0.2, -0.15) is 0 Å². The van der Waals surface area contributed by atoms with Crippen molar-refractivity contribution in [1.82, 2.24) is 0 Å². The molecule has 134 valence electrons. The first-order valence-electron chi connectivity index (χ1n) is 8.87. The Morgan fingerprint density at radius 2 is 1.48 bits per heavy atom. The zero-order chi connectivity index (χ0) is 18.0. The summed E-state index contributed by atoms with van der Waals surface area (Å²) < 4.78 is 54.1. The van der Waals surface area contributed by atoms with Gasteiger partial charge in [0.05, 0.1) is 0 Å². The zero-order valence-electron chi connectivity index (χ0n) is 14.3. The standard InChI is InChI=1S/C21H22F4/c1-13-2-4-14(5-3-13)6-7-15-8-9-17(18(22)10-15)16-11-19(23)21(25)20(24)12-16/h8-14H,2-7H2,1H3. The molecule has 0 radical (unpaired) electrons. The van der Waals surface area contributed by atoms with Gasteiger partial charge in [0.2, 0.25) is 0 Å². The van der Waals surface area contributed by atoms with Crippen molar-refractivity contribution in [3.05, 3.63) is 59.2 Å². The fraction of sp³-hybridized carbons (Fsp3) is 0.429. The highest BCUT2D eigenvalue weighted by Gasteiger charge is 2.18. The Morgan fingerprint density at radius 3 is 2.08 bits per heavy atom. The van der Waals surface area contributed by atoms with Crippen LogP contribution in [0.25, 0.3) is 11.1 Å². The monoisotopic (exact) mass is 350 g/mol. The van der Waals surface area contributed by atoms with Gasteiger partial charge in [-0.15, -0.1) is 0 Å². The fourth-order valence-corrected chi connectivity index (χ4v) is 3.65. The molecule has 0 aromatic heterocycles. The lowest BCUT2D eigenvalue weighted by atomic mass is 9.80. The maximum absolute atomic E-state index is 14.4. The van der Waals surface area contributed by atoms with Crippen molar-refractivity contribution in [2.45, 2.75) is 45.4 Å². The van der Waals surface area contributed by atoms with Gasteiger partial charge in [0.15, 0.2) is 17.5 Å². The molecular formula is C21H22F4. The van der Waals surface area contributed by atoms with E-state index in [2.05, 4.69) is 6.92 Å². The summed E-state index contributed by atoms with van der Waals surface area (Å²) in [7, 11) is 0. The lowest BCUT2D eigenvalue weighted by Gasteiger charge is -2.26. The molecule has 2 aromatic rings. The molecule has 0 aliphatic heterocycles. The first-order valence-corrected chi connectivity index (χ1v) is 8.87. The topological polar surface area (TPSA) is 0 Å². The number of halogens is 4. The summed E-state index contributed by atoms with van der Waals surface area (Å²) in [4.78, 5) is 0. The lowest BCUT2D eigenvalue weighted by molar-refractivity contribution is 0.277. The van der Waals surface area contributed by atoms with E-state index in [9.17, 15) is 17.6 Å². The molecule has 1 fully saturated rings. The number of benzene rings is 2. The Kier molecular flexibility index (Phi) is 5.45. The Hall–Kier alpha value is -1.84. The third-order valence-electron chi connectivity index (χ3n) is 5.31. The molecule has 0 N–H and O–H groups in total. The molecule has 0 amide bonds. The van der Waals surface area contributed by atoms with Crippen molar-refractivity contribution in [3.63, 3.8) is 0 Å².